The third kappa shape index (κ3) is 4.83. The first kappa shape index (κ1) is 16.5. The summed E-state index contributed by atoms with van der Waals surface area (Å²) < 4.78 is 5.48. The number of hydrogen-bond acceptors (Lipinski definition) is 2. The van der Waals surface area contributed by atoms with E-state index < -0.39 is 0 Å². The molecule has 22 heavy (non-hydrogen) atoms. The van der Waals surface area contributed by atoms with E-state index in [0.717, 1.165) is 5.56 Å². The van der Waals surface area contributed by atoms with Crippen molar-refractivity contribution in [3.63, 3.8) is 0 Å². The molecule has 6 heteroatoms. The number of urea groups is 1. The number of benzene rings is 2. The lowest BCUT2D eigenvalue weighted by Crippen LogP contribution is -2.32. The van der Waals surface area contributed by atoms with E-state index in [9.17, 15) is 4.79 Å². The molecule has 0 aliphatic heterocycles. The minimum atomic E-state index is -0.298. The van der Waals surface area contributed by atoms with Crippen LogP contribution in [-0.2, 0) is 0 Å². The average molecular weight is 339 g/mol. The Kier molecular flexibility index (Phi) is 5.92. The maximum Gasteiger partial charge on any atom is 0.319 e. The second kappa shape index (κ2) is 7.92. The van der Waals surface area contributed by atoms with E-state index in [1.807, 2.05) is 19.1 Å². The Labute approximate surface area is 139 Å². The van der Waals surface area contributed by atoms with Crippen LogP contribution in [0.15, 0.2) is 42.5 Å². The van der Waals surface area contributed by atoms with Gasteiger partial charge in [-0.1, -0.05) is 35.3 Å². The first-order chi connectivity index (χ1) is 10.6. The average Bonchev–Trinajstić information content (AvgIpc) is 2.48. The number of anilines is 1. The monoisotopic (exact) mass is 338 g/mol. The summed E-state index contributed by atoms with van der Waals surface area (Å²) in [6.07, 6.45) is 0. The van der Waals surface area contributed by atoms with Gasteiger partial charge in [-0.3, -0.25) is 0 Å². The van der Waals surface area contributed by atoms with Crippen molar-refractivity contribution in [3.05, 3.63) is 58.1 Å². The smallest absolute Gasteiger partial charge is 0.319 e. The first-order valence-corrected chi connectivity index (χ1v) is 7.50. The SMILES string of the molecule is Cc1cc(Cl)ccc1NC(=O)NCCOc1ccccc1Cl. The third-order valence-corrected chi connectivity index (χ3v) is 3.47. The highest BCUT2D eigenvalue weighted by atomic mass is 35.5. The molecule has 2 aromatic carbocycles. The molecule has 4 nitrogen and oxygen atoms in total. The van der Waals surface area contributed by atoms with E-state index in [1.165, 1.54) is 0 Å². The number of nitrogens with one attached hydrogen (secondary N) is 2. The lowest BCUT2D eigenvalue weighted by atomic mass is 10.2. The van der Waals surface area contributed by atoms with Gasteiger partial charge in [0.1, 0.15) is 12.4 Å². The Bertz CT molecular complexity index is 662. The molecule has 0 aromatic heterocycles. The molecule has 2 N–H and O–H groups in total. The first-order valence-electron chi connectivity index (χ1n) is 6.74. The van der Waals surface area contributed by atoms with Crippen molar-refractivity contribution in [3.8, 4) is 5.75 Å². The number of carbonyl (C=O) groups is 1. The second-order valence-electron chi connectivity index (χ2n) is 4.62. The normalized spacial score (nSPS) is 10.1. The number of carbonyl (C=O) groups excluding carboxylic acids is 1. The summed E-state index contributed by atoms with van der Waals surface area (Å²) in [5.41, 5.74) is 1.61. The molecule has 2 aromatic rings. The standard InChI is InChI=1S/C16H16Cl2N2O2/c1-11-10-12(17)6-7-14(11)20-16(21)19-8-9-22-15-5-3-2-4-13(15)18/h2-7,10H,8-9H2,1H3,(H2,19,20,21). The highest BCUT2D eigenvalue weighted by Crippen LogP contribution is 2.22. The van der Waals surface area contributed by atoms with Gasteiger partial charge in [-0.2, -0.15) is 0 Å². The highest BCUT2D eigenvalue weighted by Gasteiger charge is 2.05. The summed E-state index contributed by atoms with van der Waals surface area (Å²) in [6, 6.07) is 12.2. The molecule has 0 bridgehead atoms. The minimum absolute atomic E-state index is 0.298. The Hall–Kier alpha value is -1.91. The Balaban J connectivity index is 1.75. The molecule has 0 heterocycles. The molecule has 2 amide bonds. The maximum atomic E-state index is 11.8. The second-order valence-corrected chi connectivity index (χ2v) is 5.46. The molecule has 0 fully saturated rings. The van der Waals surface area contributed by atoms with Gasteiger partial charge < -0.3 is 15.4 Å². The van der Waals surface area contributed by atoms with Crippen LogP contribution < -0.4 is 15.4 Å². The fraction of sp³-hybridized carbons (Fsp3) is 0.188. The summed E-state index contributed by atoms with van der Waals surface area (Å²) in [5.74, 6) is 0.597. The molecule has 0 spiro atoms. The van der Waals surface area contributed by atoms with Crippen LogP contribution in [0.2, 0.25) is 10.0 Å². The van der Waals surface area contributed by atoms with Crippen LogP contribution >= 0.6 is 23.2 Å². The molecule has 2 rings (SSSR count). The number of para-hydroxylation sites is 1. The number of halogens is 2. The van der Waals surface area contributed by atoms with E-state index in [4.69, 9.17) is 27.9 Å². The Morgan fingerprint density at radius 3 is 2.68 bits per heavy atom. The van der Waals surface area contributed by atoms with E-state index in [2.05, 4.69) is 10.6 Å². The zero-order valence-electron chi connectivity index (χ0n) is 12.0. The van der Waals surface area contributed by atoms with Gasteiger partial charge in [0.15, 0.2) is 0 Å². The molecule has 0 saturated carbocycles. The highest BCUT2D eigenvalue weighted by molar-refractivity contribution is 6.32. The Morgan fingerprint density at radius 2 is 1.95 bits per heavy atom. The van der Waals surface area contributed by atoms with Crippen LogP contribution in [-0.4, -0.2) is 19.2 Å². The Morgan fingerprint density at radius 1 is 1.18 bits per heavy atom. The summed E-state index contributed by atoms with van der Waals surface area (Å²) in [7, 11) is 0. The lowest BCUT2D eigenvalue weighted by molar-refractivity contribution is 0.247. The van der Waals surface area contributed by atoms with Crippen molar-refractivity contribution in [1.29, 1.82) is 0 Å². The zero-order chi connectivity index (χ0) is 15.9. The van der Waals surface area contributed by atoms with Gasteiger partial charge in [-0.15, -0.1) is 0 Å². The van der Waals surface area contributed by atoms with Crippen LogP contribution in [0.5, 0.6) is 5.75 Å². The molecule has 0 saturated heterocycles. The van der Waals surface area contributed by atoms with E-state index in [1.54, 1.807) is 30.3 Å². The van der Waals surface area contributed by atoms with Crippen LogP contribution in [0.4, 0.5) is 10.5 Å². The molecular weight excluding hydrogens is 323 g/mol. The molecule has 0 aliphatic rings. The number of hydrogen-bond donors (Lipinski definition) is 2. The number of ether oxygens (including phenoxy) is 1. The van der Waals surface area contributed by atoms with Crippen molar-refractivity contribution in [2.75, 3.05) is 18.5 Å². The molecule has 116 valence electrons. The van der Waals surface area contributed by atoms with Crippen LogP contribution in [0.1, 0.15) is 5.56 Å². The minimum Gasteiger partial charge on any atom is -0.490 e. The van der Waals surface area contributed by atoms with Crippen LogP contribution in [0.25, 0.3) is 0 Å². The fourth-order valence-electron chi connectivity index (χ4n) is 1.82. The quantitative estimate of drug-likeness (QED) is 0.788. The van der Waals surface area contributed by atoms with Crippen molar-refractivity contribution >= 4 is 34.9 Å². The van der Waals surface area contributed by atoms with Gasteiger partial charge in [-0.05, 0) is 42.8 Å². The predicted molar refractivity (Wildman–Crippen MR) is 90.2 cm³/mol. The largest absolute Gasteiger partial charge is 0.490 e. The zero-order valence-corrected chi connectivity index (χ0v) is 13.5. The summed E-state index contributed by atoms with van der Waals surface area (Å²) in [4.78, 5) is 11.8. The number of rotatable bonds is 5. The van der Waals surface area contributed by atoms with Crippen LogP contribution in [0, 0.1) is 6.92 Å². The topological polar surface area (TPSA) is 50.4 Å². The molecule has 0 aliphatic carbocycles. The van der Waals surface area contributed by atoms with E-state index in [-0.39, 0.29) is 6.03 Å². The number of amides is 2. The van der Waals surface area contributed by atoms with Crippen molar-refractivity contribution in [2.24, 2.45) is 0 Å². The summed E-state index contributed by atoms with van der Waals surface area (Å²) >= 11 is 11.8. The van der Waals surface area contributed by atoms with Crippen LogP contribution in [0.3, 0.4) is 0 Å². The molecule has 0 atom stereocenters. The van der Waals surface area contributed by atoms with Gasteiger partial charge >= 0.3 is 6.03 Å². The predicted octanol–water partition coefficient (Wildman–Crippen LogP) is 4.50. The summed E-state index contributed by atoms with van der Waals surface area (Å²) in [6.45, 7) is 2.57. The van der Waals surface area contributed by atoms with Gasteiger partial charge in [0.2, 0.25) is 0 Å². The van der Waals surface area contributed by atoms with Gasteiger partial charge in [-0.25, -0.2) is 4.79 Å². The molecule has 0 radical (unpaired) electrons. The van der Waals surface area contributed by atoms with Crippen molar-refractivity contribution in [1.82, 2.24) is 5.32 Å². The molecule has 0 unspecified atom stereocenters. The van der Waals surface area contributed by atoms with E-state index in [0.29, 0.717) is 34.6 Å². The maximum absolute atomic E-state index is 11.8. The van der Waals surface area contributed by atoms with Crippen molar-refractivity contribution < 1.29 is 9.53 Å². The van der Waals surface area contributed by atoms with Crippen molar-refractivity contribution in [2.45, 2.75) is 6.92 Å². The fourth-order valence-corrected chi connectivity index (χ4v) is 2.24. The summed E-state index contributed by atoms with van der Waals surface area (Å²) in [5, 5.41) is 6.65. The van der Waals surface area contributed by atoms with Gasteiger partial charge in [0.05, 0.1) is 11.6 Å². The lowest BCUT2D eigenvalue weighted by Gasteiger charge is -2.11. The third-order valence-electron chi connectivity index (χ3n) is 2.92. The number of aryl methyl sites for hydroxylation is 1. The van der Waals surface area contributed by atoms with Gasteiger partial charge in [0, 0.05) is 10.7 Å². The van der Waals surface area contributed by atoms with E-state index >= 15 is 0 Å². The van der Waals surface area contributed by atoms with Gasteiger partial charge in [0.25, 0.3) is 0 Å². The molecular formula is C16H16Cl2N2O2.